The van der Waals surface area contributed by atoms with Gasteiger partial charge in [-0.2, -0.15) is 0 Å². The summed E-state index contributed by atoms with van der Waals surface area (Å²) in [4.78, 5) is 0. The number of rotatable bonds is 4. The first-order chi connectivity index (χ1) is 10.9. The van der Waals surface area contributed by atoms with E-state index in [-0.39, 0.29) is 11.8 Å². The van der Waals surface area contributed by atoms with Crippen LogP contribution in [-0.4, -0.2) is 11.4 Å². The number of ether oxygens (including phenoxy) is 1. The summed E-state index contributed by atoms with van der Waals surface area (Å²) in [5.74, 6) is -0.816. The summed E-state index contributed by atoms with van der Waals surface area (Å²) in [6.07, 6.45) is -2.85. The number of halogens is 5. The van der Waals surface area contributed by atoms with Crippen molar-refractivity contribution in [1.82, 2.24) is 0 Å². The highest BCUT2D eigenvalue weighted by molar-refractivity contribution is 6.52. The normalized spacial score (nSPS) is 22.2. The third-order valence-electron chi connectivity index (χ3n) is 4.15. The van der Waals surface area contributed by atoms with Crippen molar-refractivity contribution in [2.45, 2.75) is 22.6 Å². The van der Waals surface area contributed by atoms with E-state index in [9.17, 15) is 13.2 Å². The molecule has 0 heterocycles. The average Bonchev–Trinajstić information content (AvgIpc) is 3.09. The van der Waals surface area contributed by atoms with Gasteiger partial charge < -0.3 is 4.74 Å². The molecule has 1 aliphatic rings. The lowest BCUT2D eigenvalue weighted by Crippen LogP contribution is -1.95. The Balaban J connectivity index is 1.89. The largest absolute Gasteiger partial charge is 0.497 e. The summed E-state index contributed by atoms with van der Waals surface area (Å²) in [6.45, 7) is 0. The maximum Gasteiger partial charge on any atom is 0.266 e. The van der Waals surface area contributed by atoms with E-state index >= 15 is 0 Å². The molecule has 0 amide bonds. The maximum absolute atomic E-state index is 13.8. The molecule has 1 aliphatic carbocycles. The van der Waals surface area contributed by atoms with Crippen LogP contribution in [0.25, 0.3) is 0 Å². The van der Waals surface area contributed by atoms with Crippen molar-refractivity contribution < 1.29 is 17.9 Å². The van der Waals surface area contributed by atoms with Crippen LogP contribution in [0.3, 0.4) is 0 Å². The van der Waals surface area contributed by atoms with Crippen LogP contribution < -0.4 is 4.74 Å². The molecule has 1 nitrogen and oxygen atoms in total. The van der Waals surface area contributed by atoms with Gasteiger partial charge in [0.15, 0.2) is 0 Å². The quantitative estimate of drug-likeness (QED) is 0.623. The van der Waals surface area contributed by atoms with Crippen molar-refractivity contribution in [1.29, 1.82) is 0 Å². The Hall–Kier alpha value is -1.39. The molecular formula is C17H13Cl2F3O. The minimum Gasteiger partial charge on any atom is -0.497 e. The molecule has 0 aliphatic heterocycles. The van der Waals surface area contributed by atoms with Crippen LogP contribution in [0, 0.1) is 5.82 Å². The second-order valence-corrected chi connectivity index (χ2v) is 6.93. The Morgan fingerprint density at radius 2 is 1.57 bits per heavy atom. The van der Waals surface area contributed by atoms with E-state index in [1.807, 2.05) is 12.1 Å². The van der Waals surface area contributed by atoms with E-state index in [1.54, 1.807) is 19.2 Å². The van der Waals surface area contributed by atoms with Gasteiger partial charge in [0.25, 0.3) is 6.43 Å². The van der Waals surface area contributed by atoms with Gasteiger partial charge in [-0.25, -0.2) is 13.2 Å². The van der Waals surface area contributed by atoms with Crippen molar-refractivity contribution in [3.63, 3.8) is 0 Å². The van der Waals surface area contributed by atoms with Crippen LogP contribution in [0.1, 0.15) is 35.0 Å². The zero-order valence-corrected chi connectivity index (χ0v) is 13.6. The molecule has 0 N–H and O–H groups in total. The van der Waals surface area contributed by atoms with E-state index in [0.29, 0.717) is 11.3 Å². The molecule has 3 rings (SSSR count). The highest BCUT2D eigenvalue weighted by Gasteiger charge is 2.64. The summed E-state index contributed by atoms with van der Waals surface area (Å²) < 4.78 is 43.1. The van der Waals surface area contributed by atoms with Crippen LogP contribution in [0.15, 0.2) is 42.5 Å². The third-order valence-corrected chi connectivity index (χ3v) is 5.09. The molecule has 0 bridgehead atoms. The van der Waals surface area contributed by atoms with Gasteiger partial charge in [0.05, 0.1) is 12.7 Å². The first-order valence-corrected chi connectivity index (χ1v) is 7.71. The first kappa shape index (κ1) is 16.5. The number of hydrogen-bond acceptors (Lipinski definition) is 1. The first-order valence-electron chi connectivity index (χ1n) is 6.95. The molecule has 0 radical (unpaired) electrons. The van der Waals surface area contributed by atoms with Gasteiger partial charge in [0, 0.05) is 11.8 Å². The molecule has 0 unspecified atom stereocenters. The van der Waals surface area contributed by atoms with Crippen LogP contribution in [0.5, 0.6) is 5.75 Å². The molecule has 2 aromatic carbocycles. The lowest BCUT2D eigenvalue weighted by atomic mass is 10.0. The van der Waals surface area contributed by atoms with Crippen LogP contribution in [-0.2, 0) is 0 Å². The molecule has 23 heavy (non-hydrogen) atoms. The predicted octanol–water partition coefficient (Wildman–Crippen LogP) is 5.83. The molecular weight excluding hydrogens is 348 g/mol. The van der Waals surface area contributed by atoms with E-state index in [2.05, 4.69) is 0 Å². The fourth-order valence-electron chi connectivity index (χ4n) is 2.88. The van der Waals surface area contributed by atoms with Crippen molar-refractivity contribution in [2.24, 2.45) is 0 Å². The standard InChI is InChI=1S/C17H13Cl2F3O/c1-23-11-5-2-9(3-6-11)14-15(17(14,18)19)10-4-7-12(16(21)22)13(20)8-10/h2-8,14-16H,1H3/t14-,15-/m0/s1. The summed E-state index contributed by atoms with van der Waals surface area (Å²) >= 11 is 12.7. The monoisotopic (exact) mass is 360 g/mol. The Kier molecular flexibility index (Phi) is 4.23. The van der Waals surface area contributed by atoms with Crippen molar-refractivity contribution in [3.8, 4) is 5.75 Å². The maximum atomic E-state index is 13.8. The highest BCUT2D eigenvalue weighted by Crippen LogP contribution is 2.70. The Labute approximate surface area is 142 Å². The number of benzene rings is 2. The topological polar surface area (TPSA) is 9.23 Å². The minimum absolute atomic E-state index is 0.228. The molecule has 2 aromatic rings. The summed E-state index contributed by atoms with van der Waals surface area (Å²) in [5, 5.41) is 0. The van der Waals surface area contributed by atoms with Crippen molar-refractivity contribution in [3.05, 3.63) is 65.0 Å². The van der Waals surface area contributed by atoms with Gasteiger partial charge in [0.2, 0.25) is 0 Å². The van der Waals surface area contributed by atoms with E-state index in [0.717, 1.165) is 17.7 Å². The number of methoxy groups -OCH3 is 1. The van der Waals surface area contributed by atoms with E-state index in [1.165, 1.54) is 6.07 Å². The molecule has 0 spiro atoms. The summed E-state index contributed by atoms with van der Waals surface area (Å²) in [6, 6.07) is 10.9. The van der Waals surface area contributed by atoms with Gasteiger partial charge in [-0.1, -0.05) is 24.3 Å². The zero-order valence-electron chi connectivity index (χ0n) is 12.1. The lowest BCUT2D eigenvalue weighted by molar-refractivity contribution is 0.146. The van der Waals surface area contributed by atoms with Gasteiger partial charge in [-0.05, 0) is 29.3 Å². The molecule has 2 atom stereocenters. The SMILES string of the molecule is COc1ccc([C@H]2[C@H](c3ccc(C(F)F)c(F)c3)C2(Cl)Cl)cc1. The van der Waals surface area contributed by atoms with Crippen molar-refractivity contribution >= 4 is 23.2 Å². The molecule has 122 valence electrons. The van der Waals surface area contributed by atoms with Gasteiger partial charge in [0.1, 0.15) is 15.9 Å². The highest BCUT2D eigenvalue weighted by atomic mass is 35.5. The zero-order chi connectivity index (χ0) is 16.8. The Bertz CT molecular complexity index is 716. The molecule has 6 heteroatoms. The second-order valence-electron chi connectivity index (χ2n) is 5.48. The van der Waals surface area contributed by atoms with Crippen LogP contribution in [0.2, 0.25) is 0 Å². The lowest BCUT2D eigenvalue weighted by Gasteiger charge is -2.06. The summed E-state index contributed by atoms with van der Waals surface area (Å²) in [7, 11) is 1.57. The minimum atomic E-state index is -2.85. The number of hydrogen-bond donors (Lipinski definition) is 0. The second kappa shape index (κ2) is 5.91. The van der Waals surface area contributed by atoms with E-state index in [4.69, 9.17) is 27.9 Å². The van der Waals surface area contributed by atoms with Crippen LogP contribution in [0.4, 0.5) is 13.2 Å². The number of alkyl halides is 4. The Morgan fingerprint density at radius 1 is 1.00 bits per heavy atom. The molecule has 1 saturated carbocycles. The predicted molar refractivity (Wildman–Crippen MR) is 84.3 cm³/mol. The fraction of sp³-hybridized carbons (Fsp3) is 0.294. The van der Waals surface area contributed by atoms with Gasteiger partial charge in [-0.3, -0.25) is 0 Å². The molecule has 1 fully saturated rings. The van der Waals surface area contributed by atoms with Crippen molar-refractivity contribution in [2.75, 3.05) is 7.11 Å². The Morgan fingerprint density at radius 3 is 2.09 bits per heavy atom. The summed E-state index contributed by atoms with van der Waals surface area (Å²) in [5.41, 5.74) is 0.780. The average molecular weight is 361 g/mol. The van der Waals surface area contributed by atoms with Crippen LogP contribution >= 0.6 is 23.2 Å². The van der Waals surface area contributed by atoms with Gasteiger partial charge >= 0.3 is 0 Å². The fourth-order valence-corrected chi connectivity index (χ4v) is 3.76. The van der Waals surface area contributed by atoms with Gasteiger partial charge in [-0.15, -0.1) is 23.2 Å². The van der Waals surface area contributed by atoms with E-state index < -0.39 is 22.1 Å². The molecule has 0 saturated heterocycles. The molecule has 0 aromatic heterocycles. The smallest absolute Gasteiger partial charge is 0.266 e. The third kappa shape index (κ3) is 2.90.